The van der Waals surface area contributed by atoms with Gasteiger partial charge in [0, 0.05) is 22.3 Å². The van der Waals surface area contributed by atoms with Gasteiger partial charge in [-0.3, -0.25) is 9.83 Å². The molecule has 0 fully saturated rings. The molecule has 0 aromatic heterocycles. The van der Waals surface area contributed by atoms with Crippen LogP contribution < -0.4 is 40.1 Å². The fraction of sp³-hybridized carbons (Fsp3) is 0.364. The average molecular weight is 358 g/mol. The summed E-state index contributed by atoms with van der Waals surface area (Å²) < 4.78 is 4.26. The molecule has 0 aliphatic rings. The van der Waals surface area contributed by atoms with Gasteiger partial charge >= 0.3 is 29.6 Å². The van der Waals surface area contributed by atoms with Crippen LogP contribution in [0.3, 0.4) is 0 Å². The van der Waals surface area contributed by atoms with Crippen molar-refractivity contribution in [3.8, 4) is 0 Å². The van der Waals surface area contributed by atoms with E-state index in [0.717, 1.165) is 33.8 Å². The number of aryl methyl sites for hydroxylation is 2. The first-order chi connectivity index (χ1) is 8.58. The van der Waals surface area contributed by atoms with E-state index in [1.54, 1.807) is 12.1 Å². The first-order valence-electron chi connectivity index (χ1n) is 5.18. The fourth-order valence-corrected chi connectivity index (χ4v) is 2.43. The first-order valence-corrected chi connectivity index (χ1v) is 7.05. The molecule has 1 aromatic carbocycles. The van der Waals surface area contributed by atoms with Crippen molar-refractivity contribution in [2.75, 3.05) is 10.6 Å². The molecule has 0 unspecified atom stereocenters. The molecule has 0 saturated carbocycles. The maximum Gasteiger partial charge on any atom is 1.00 e. The number of nitrogens with one attached hydrogen (secondary N) is 1. The number of alkyl halides is 1. The third-order valence-electron chi connectivity index (χ3n) is 2.25. The van der Waals surface area contributed by atoms with E-state index in [2.05, 4.69) is 30.6 Å². The van der Waals surface area contributed by atoms with E-state index in [1.165, 1.54) is 0 Å². The van der Waals surface area contributed by atoms with Crippen molar-refractivity contribution in [2.45, 2.75) is 25.2 Å². The summed E-state index contributed by atoms with van der Waals surface area (Å²) in [6.45, 7) is 3.75. The average Bonchev–Trinajstić information content (AvgIpc) is 2.31. The molecule has 0 bridgehead atoms. The van der Waals surface area contributed by atoms with Crippen molar-refractivity contribution in [1.82, 2.24) is 0 Å². The molecule has 5 nitrogen and oxygen atoms in total. The normalized spacial score (nSPS) is 9.89. The summed E-state index contributed by atoms with van der Waals surface area (Å²) in [6, 6.07) is 3.61. The number of carbonyl (C=O) groups excluding carboxylic acids is 1. The van der Waals surface area contributed by atoms with Crippen LogP contribution in [0.25, 0.3) is 0 Å². The van der Waals surface area contributed by atoms with Gasteiger partial charge in [0.05, 0.1) is 12.0 Å². The van der Waals surface area contributed by atoms with E-state index < -0.39 is 0 Å². The Labute approximate surface area is 146 Å². The van der Waals surface area contributed by atoms with E-state index in [0.29, 0.717) is 11.8 Å². The van der Waals surface area contributed by atoms with Crippen molar-refractivity contribution in [3.05, 3.63) is 23.3 Å². The Hall–Kier alpha value is 0.400. The quantitative estimate of drug-likeness (QED) is 0.239. The second-order valence-corrected chi connectivity index (χ2v) is 5.21. The molecule has 0 atom stereocenters. The topological polar surface area (TPSA) is 70.6 Å². The minimum absolute atomic E-state index is 0. The number of rotatable bonds is 6. The third kappa shape index (κ3) is 6.59. The number of carbonyl (C=O) groups is 1. The summed E-state index contributed by atoms with van der Waals surface area (Å²) in [7, 11) is 0. The molecule has 1 N–H and O–H groups in total. The second-order valence-electron chi connectivity index (χ2n) is 3.64. The van der Waals surface area contributed by atoms with E-state index in [-0.39, 0.29) is 35.5 Å². The van der Waals surface area contributed by atoms with Crippen LogP contribution in [0.4, 0.5) is 5.69 Å². The Kier molecular flexibility index (Phi) is 10.4. The molecule has 1 aromatic rings. The SMILES string of the molecule is Cc1cc(SOO[O-])cc(C)c1NC(=O)CCBr.[Na+]. The fourth-order valence-electron chi connectivity index (χ4n) is 1.51. The number of benzene rings is 1. The first kappa shape index (κ1) is 19.4. The van der Waals surface area contributed by atoms with E-state index in [4.69, 9.17) is 0 Å². The van der Waals surface area contributed by atoms with Gasteiger partial charge in [-0.1, -0.05) is 15.9 Å². The zero-order chi connectivity index (χ0) is 13.5. The monoisotopic (exact) mass is 357 g/mol. The number of hydrogen-bond acceptors (Lipinski definition) is 5. The van der Waals surface area contributed by atoms with Crippen LogP contribution in [0.5, 0.6) is 0 Å². The molecule has 0 aliphatic carbocycles. The van der Waals surface area contributed by atoms with Crippen LogP contribution in [0, 0.1) is 13.8 Å². The zero-order valence-electron chi connectivity index (χ0n) is 11.0. The van der Waals surface area contributed by atoms with Crippen molar-refractivity contribution in [2.24, 2.45) is 0 Å². The van der Waals surface area contributed by atoms with Gasteiger partial charge in [-0.15, -0.1) is 0 Å². The Balaban J connectivity index is 0.00000324. The predicted octanol–water partition coefficient (Wildman–Crippen LogP) is -0.738. The van der Waals surface area contributed by atoms with E-state index in [9.17, 15) is 10.1 Å². The van der Waals surface area contributed by atoms with Crippen LogP contribution in [-0.2, 0) is 14.2 Å². The molecule has 0 heterocycles. The summed E-state index contributed by atoms with van der Waals surface area (Å²) in [5.41, 5.74) is 2.58. The van der Waals surface area contributed by atoms with Gasteiger partial charge in [0.15, 0.2) is 0 Å². The van der Waals surface area contributed by atoms with Crippen molar-refractivity contribution in [3.63, 3.8) is 0 Å². The molecule has 100 valence electrons. The molecular weight excluding hydrogens is 345 g/mol. The van der Waals surface area contributed by atoms with Crippen molar-refractivity contribution in [1.29, 1.82) is 0 Å². The largest absolute Gasteiger partial charge is 1.00 e. The molecular formula is C11H13BrNNaO4S. The molecule has 0 aliphatic heterocycles. The Morgan fingerprint density at radius 1 is 1.42 bits per heavy atom. The smallest absolute Gasteiger partial charge is 0.691 e. The van der Waals surface area contributed by atoms with Gasteiger partial charge in [-0.05, 0) is 37.1 Å². The number of anilines is 1. The molecule has 19 heavy (non-hydrogen) atoms. The Morgan fingerprint density at radius 3 is 2.47 bits per heavy atom. The van der Waals surface area contributed by atoms with Gasteiger partial charge in [-0.2, -0.15) is 4.33 Å². The third-order valence-corrected chi connectivity index (χ3v) is 3.20. The van der Waals surface area contributed by atoms with Crippen LogP contribution in [-0.4, -0.2) is 11.2 Å². The molecule has 8 heteroatoms. The van der Waals surface area contributed by atoms with Crippen LogP contribution in [0.2, 0.25) is 0 Å². The van der Waals surface area contributed by atoms with Crippen molar-refractivity contribution >= 4 is 39.6 Å². The molecule has 1 rings (SSSR count). The number of halogens is 1. The van der Waals surface area contributed by atoms with Gasteiger partial charge in [-0.25, -0.2) is 0 Å². The van der Waals surface area contributed by atoms with Gasteiger partial charge < -0.3 is 10.6 Å². The standard InChI is InChI=1S/C11H14BrNO4S.Na/c1-7-5-9(18-17-16-15)6-8(2)11(7)13-10(14)3-4-12;/h5-6,15H,3-4H2,1-2H3,(H,13,14);/q;+1/p-1. The Bertz CT molecular complexity index is 410. The molecule has 0 spiro atoms. The minimum Gasteiger partial charge on any atom is -0.691 e. The second kappa shape index (κ2) is 10.2. The molecule has 0 radical (unpaired) electrons. The maximum atomic E-state index is 11.5. The zero-order valence-corrected chi connectivity index (χ0v) is 15.4. The van der Waals surface area contributed by atoms with Gasteiger partial charge in [0.1, 0.15) is 0 Å². The minimum atomic E-state index is -0.0439. The summed E-state index contributed by atoms with van der Waals surface area (Å²) >= 11 is 4.05. The van der Waals surface area contributed by atoms with E-state index in [1.807, 2.05) is 13.8 Å². The summed E-state index contributed by atoms with van der Waals surface area (Å²) in [4.78, 5) is 12.3. The van der Waals surface area contributed by atoms with Gasteiger partial charge in [0.25, 0.3) is 0 Å². The van der Waals surface area contributed by atoms with Crippen LogP contribution in [0.1, 0.15) is 17.5 Å². The predicted molar refractivity (Wildman–Crippen MR) is 71.0 cm³/mol. The van der Waals surface area contributed by atoms with Crippen molar-refractivity contribution < 1.29 is 49.0 Å². The maximum absolute atomic E-state index is 11.5. The van der Waals surface area contributed by atoms with Crippen LogP contribution >= 0.6 is 28.0 Å². The molecule has 0 saturated heterocycles. The summed E-state index contributed by atoms with van der Waals surface area (Å²) in [5.74, 6) is -0.0439. The summed E-state index contributed by atoms with van der Waals surface area (Å²) in [6.07, 6.45) is 0.419. The Morgan fingerprint density at radius 2 is 2.00 bits per heavy atom. The van der Waals surface area contributed by atoms with Crippen LogP contribution in [0.15, 0.2) is 17.0 Å². The number of hydrogen-bond donors (Lipinski definition) is 1. The van der Waals surface area contributed by atoms with E-state index >= 15 is 0 Å². The molecule has 1 amide bonds. The number of amides is 1. The summed E-state index contributed by atoms with van der Waals surface area (Å²) in [5, 5.41) is 16.5. The van der Waals surface area contributed by atoms with Gasteiger partial charge in [0.2, 0.25) is 5.91 Å².